The molecule has 0 spiro atoms. The first-order valence-electron chi connectivity index (χ1n) is 10.1. The minimum atomic E-state index is 0. The van der Waals surface area contributed by atoms with E-state index in [0.717, 1.165) is 49.9 Å². The highest BCUT2D eigenvalue weighted by Gasteiger charge is 2.20. The molecule has 1 aromatic rings. The number of likely N-dealkylation sites (tertiary alicyclic amines) is 1. The molecule has 6 nitrogen and oxygen atoms in total. The summed E-state index contributed by atoms with van der Waals surface area (Å²) in [5.74, 6) is 0.740. The van der Waals surface area contributed by atoms with E-state index in [1.165, 1.54) is 5.56 Å². The molecule has 0 bridgehead atoms. The van der Waals surface area contributed by atoms with Crippen molar-refractivity contribution < 1.29 is 4.79 Å². The van der Waals surface area contributed by atoms with E-state index in [0.29, 0.717) is 12.1 Å². The topological polar surface area (TPSA) is 60.0 Å². The van der Waals surface area contributed by atoms with Crippen LogP contribution in [0.1, 0.15) is 38.7 Å². The van der Waals surface area contributed by atoms with Crippen LogP contribution in [0.15, 0.2) is 29.3 Å². The van der Waals surface area contributed by atoms with Crippen LogP contribution in [-0.4, -0.2) is 67.5 Å². The fourth-order valence-corrected chi connectivity index (χ4v) is 3.16. The number of carbonyl (C=O) groups is 1. The average molecular weight is 536 g/mol. The van der Waals surface area contributed by atoms with Crippen LogP contribution in [0.4, 0.5) is 0 Å². The first kappa shape index (κ1) is 26.0. The summed E-state index contributed by atoms with van der Waals surface area (Å²) in [6.07, 6.45) is 3.11. The molecule has 1 amide bonds. The molecule has 1 aliphatic heterocycles. The van der Waals surface area contributed by atoms with Gasteiger partial charge in [-0.15, -0.1) is 24.0 Å². The molecule has 1 fully saturated rings. The summed E-state index contributed by atoms with van der Waals surface area (Å²) in [6.45, 7) is 7.44. The van der Waals surface area contributed by atoms with Crippen molar-refractivity contribution in [3.05, 3.63) is 34.9 Å². The van der Waals surface area contributed by atoms with Gasteiger partial charge in [-0.25, -0.2) is 4.99 Å². The Labute approximate surface area is 197 Å². The van der Waals surface area contributed by atoms with Crippen LogP contribution in [0.25, 0.3) is 0 Å². The quantitative estimate of drug-likeness (QED) is 0.319. The molecule has 0 aromatic heterocycles. The number of amides is 1. The van der Waals surface area contributed by atoms with Crippen molar-refractivity contribution in [3.63, 3.8) is 0 Å². The number of piperidine rings is 1. The molecule has 29 heavy (non-hydrogen) atoms. The molecule has 1 saturated heterocycles. The lowest BCUT2D eigenvalue weighted by molar-refractivity contribution is -0.127. The van der Waals surface area contributed by atoms with Gasteiger partial charge in [0.2, 0.25) is 5.91 Å². The molecule has 1 unspecified atom stereocenters. The SMILES string of the molecule is CCC(C)NC(=NCC(=O)N(C)C)NC1CCN(Cc2ccc(Cl)cc2)CC1.I. The van der Waals surface area contributed by atoms with Gasteiger partial charge in [-0.3, -0.25) is 9.69 Å². The van der Waals surface area contributed by atoms with Gasteiger partial charge in [0, 0.05) is 50.8 Å². The molecule has 0 radical (unpaired) electrons. The molecule has 1 aliphatic rings. The number of nitrogens with one attached hydrogen (secondary N) is 2. The van der Waals surface area contributed by atoms with Crippen LogP contribution >= 0.6 is 35.6 Å². The molecule has 2 rings (SSSR count). The Morgan fingerprint density at radius 2 is 1.90 bits per heavy atom. The molecule has 164 valence electrons. The fraction of sp³-hybridized carbons (Fsp3) is 0.619. The van der Waals surface area contributed by atoms with Crippen molar-refractivity contribution in [2.24, 2.45) is 4.99 Å². The standard InChI is InChI=1S/C21H34ClN5O.HI/c1-5-16(2)24-21(23-14-20(28)26(3)4)25-19-10-12-27(13-11-19)15-17-6-8-18(22)9-7-17;/h6-9,16,19H,5,10-15H2,1-4H3,(H2,23,24,25);1H. The average Bonchev–Trinajstić information content (AvgIpc) is 2.68. The Morgan fingerprint density at radius 1 is 1.28 bits per heavy atom. The number of guanidine groups is 1. The number of benzene rings is 1. The maximum Gasteiger partial charge on any atom is 0.243 e. The second-order valence-corrected chi connectivity index (χ2v) is 8.16. The largest absolute Gasteiger partial charge is 0.354 e. The monoisotopic (exact) mass is 535 g/mol. The predicted octanol–water partition coefficient (Wildman–Crippen LogP) is 3.34. The number of rotatable bonds is 7. The first-order valence-corrected chi connectivity index (χ1v) is 10.5. The lowest BCUT2D eigenvalue weighted by atomic mass is 10.0. The van der Waals surface area contributed by atoms with Crippen molar-refractivity contribution in [3.8, 4) is 0 Å². The van der Waals surface area contributed by atoms with Gasteiger partial charge >= 0.3 is 0 Å². The van der Waals surface area contributed by atoms with Crippen LogP contribution in [-0.2, 0) is 11.3 Å². The van der Waals surface area contributed by atoms with Gasteiger partial charge < -0.3 is 15.5 Å². The van der Waals surface area contributed by atoms with E-state index in [4.69, 9.17) is 11.6 Å². The zero-order valence-corrected chi connectivity index (χ0v) is 21.0. The Balaban J connectivity index is 0.00000420. The summed E-state index contributed by atoms with van der Waals surface area (Å²) in [5, 5.41) is 7.72. The molecule has 0 saturated carbocycles. The van der Waals surface area contributed by atoms with Gasteiger partial charge in [-0.05, 0) is 43.9 Å². The maximum atomic E-state index is 11.9. The third-order valence-electron chi connectivity index (χ3n) is 5.11. The third kappa shape index (κ3) is 9.53. The van der Waals surface area contributed by atoms with Crippen molar-refractivity contribution >= 4 is 47.4 Å². The third-order valence-corrected chi connectivity index (χ3v) is 5.37. The van der Waals surface area contributed by atoms with E-state index in [-0.39, 0.29) is 36.4 Å². The molecule has 1 atom stereocenters. The smallest absolute Gasteiger partial charge is 0.243 e. The summed E-state index contributed by atoms with van der Waals surface area (Å²) in [6, 6.07) is 8.76. The Bertz CT molecular complexity index is 645. The number of halogens is 2. The van der Waals surface area contributed by atoms with Gasteiger partial charge in [0.15, 0.2) is 5.96 Å². The number of hydrogen-bond acceptors (Lipinski definition) is 3. The molecule has 1 aromatic carbocycles. The zero-order valence-electron chi connectivity index (χ0n) is 17.9. The van der Waals surface area contributed by atoms with Gasteiger partial charge in [0.25, 0.3) is 0 Å². The van der Waals surface area contributed by atoms with E-state index < -0.39 is 0 Å². The summed E-state index contributed by atoms with van der Waals surface area (Å²) in [5.41, 5.74) is 1.29. The summed E-state index contributed by atoms with van der Waals surface area (Å²) >= 11 is 5.97. The number of hydrogen-bond donors (Lipinski definition) is 2. The van der Waals surface area contributed by atoms with E-state index >= 15 is 0 Å². The van der Waals surface area contributed by atoms with Crippen LogP contribution in [0.2, 0.25) is 5.02 Å². The second kappa shape index (κ2) is 13.3. The van der Waals surface area contributed by atoms with Crippen molar-refractivity contribution in [2.75, 3.05) is 33.7 Å². The molecule has 8 heteroatoms. The molecule has 2 N–H and O–H groups in total. The second-order valence-electron chi connectivity index (χ2n) is 7.73. The summed E-state index contributed by atoms with van der Waals surface area (Å²) < 4.78 is 0. The highest BCUT2D eigenvalue weighted by Crippen LogP contribution is 2.16. The van der Waals surface area contributed by atoms with E-state index in [2.05, 4.69) is 46.5 Å². The van der Waals surface area contributed by atoms with Gasteiger partial charge in [-0.2, -0.15) is 0 Å². The lowest BCUT2D eigenvalue weighted by Crippen LogP contribution is -2.50. The molecular formula is C21H35ClIN5O. The Kier molecular flexibility index (Phi) is 11.9. The van der Waals surface area contributed by atoms with Crippen molar-refractivity contribution in [1.82, 2.24) is 20.4 Å². The van der Waals surface area contributed by atoms with Gasteiger partial charge in [0.05, 0.1) is 0 Å². The first-order chi connectivity index (χ1) is 13.4. The van der Waals surface area contributed by atoms with Crippen molar-refractivity contribution in [1.29, 1.82) is 0 Å². The predicted molar refractivity (Wildman–Crippen MR) is 132 cm³/mol. The van der Waals surface area contributed by atoms with Crippen molar-refractivity contribution in [2.45, 2.75) is 51.7 Å². The summed E-state index contributed by atoms with van der Waals surface area (Å²) in [7, 11) is 3.51. The summed E-state index contributed by atoms with van der Waals surface area (Å²) in [4.78, 5) is 20.4. The van der Waals surface area contributed by atoms with Gasteiger partial charge in [0.1, 0.15) is 6.54 Å². The Morgan fingerprint density at radius 3 is 2.45 bits per heavy atom. The fourth-order valence-electron chi connectivity index (χ4n) is 3.03. The van der Waals surface area contributed by atoms with Crippen LogP contribution in [0.5, 0.6) is 0 Å². The minimum absolute atomic E-state index is 0. The molecule has 0 aliphatic carbocycles. The normalized spacial score (nSPS) is 16.7. The molecule has 1 heterocycles. The van der Waals surface area contributed by atoms with Gasteiger partial charge in [-0.1, -0.05) is 30.7 Å². The highest BCUT2D eigenvalue weighted by molar-refractivity contribution is 14.0. The number of likely N-dealkylation sites (N-methyl/N-ethyl adjacent to an activating group) is 1. The van der Waals surface area contributed by atoms with Crippen LogP contribution < -0.4 is 10.6 Å². The number of aliphatic imine (C=N–C) groups is 1. The Hall–Kier alpha value is -1.06. The highest BCUT2D eigenvalue weighted by atomic mass is 127. The van der Waals surface area contributed by atoms with E-state index in [1.54, 1.807) is 19.0 Å². The number of carbonyl (C=O) groups excluding carboxylic acids is 1. The number of nitrogens with zero attached hydrogens (tertiary/aromatic N) is 3. The zero-order chi connectivity index (χ0) is 20.5. The van der Waals surface area contributed by atoms with Crippen LogP contribution in [0.3, 0.4) is 0 Å². The van der Waals surface area contributed by atoms with E-state index in [1.807, 2.05) is 12.1 Å². The lowest BCUT2D eigenvalue weighted by Gasteiger charge is -2.33. The van der Waals surface area contributed by atoms with Crippen LogP contribution in [0, 0.1) is 0 Å². The maximum absolute atomic E-state index is 11.9. The molecular weight excluding hydrogens is 501 g/mol. The minimum Gasteiger partial charge on any atom is -0.354 e. The van der Waals surface area contributed by atoms with E-state index in [9.17, 15) is 4.79 Å².